The molecule has 8 nitrogen and oxygen atoms in total. The van der Waals surface area contributed by atoms with Gasteiger partial charge in [0.25, 0.3) is 0 Å². The van der Waals surface area contributed by atoms with E-state index in [0.29, 0.717) is 49.3 Å². The van der Waals surface area contributed by atoms with Crippen LogP contribution in [0.1, 0.15) is 26.7 Å². The third-order valence-electron chi connectivity index (χ3n) is 5.37. The molecule has 0 radical (unpaired) electrons. The van der Waals surface area contributed by atoms with Crippen molar-refractivity contribution in [2.75, 3.05) is 24.6 Å². The van der Waals surface area contributed by atoms with Gasteiger partial charge in [0.1, 0.15) is 27.7 Å². The van der Waals surface area contributed by atoms with Crippen LogP contribution in [0.4, 0.5) is 5.69 Å². The highest BCUT2D eigenvalue weighted by Gasteiger charge is 2.42. The molecule has 2 heterocycles. The molecule has 10 heteroatoms. The van der Waals surface area contributed by atoms with E-state index in [1.165, 1.54) is 10.4 Å². The summed E-state index contributed by atoms with van der Waals surface area (Å²) in [7, 11) is -3.90. The lowest BCUT2D eigenvalue weighted by molar-refractivity contribution is -0.121. The highest BCUT2D eigenvalue weighted by Crippen LogP contribution is 2.32. The number of benzene rings is 2. The van der Waals surface area contributed by atoms with E-state index in [4.69, 9.17) is 4.74 Å². The molecule has 1 aromatic heterocycles. The van der Waals surface area contributed by atoms with Crippen molar-refractivity contribution in [2.45, 2.75) is 37.6 Å². The first kappa shape index (κ1) is 21.7. The Morgan fingerprint density at radius 2 is 1.97 bits per heavy atom. The number of carbonyl (C=O) groups is 1. The van der Waals surface area contributed by atoms with Gasteiger partial charge in [-0.2, -0.15) is 13.1 Å². The van der Waals surface area contributed by atoms with Crippen LogP contribution in [-0.2, 0) is 14.8 Å². The normalized spacial score (nSPS) is 17.2. The largest absolute Gasteiger partial charge is 0.494 e. The van der Waals surface area contributed by atoms with Crippen LogP contribution in [0.2, 0.25) is 0 Å². The van der Waals surface area contributed by atoms with E-state index in [1.807, 2.05) is 38.1 Å². The monoisotopic (exact) mass is 460 g/mol. The van der Waals surface area contributed by atoms with Crippen molar-refractivity contribution in [3.05, 3.63) is 42.5 Å². The van der Waals surface area contributed by atoms with E-state index in [-0.39, 0.29) is 10.8 Å². The summed E-state index contributed by atoms with van der Waals surface area (Å²) in [5.41, 5.74) is 1.60. The Hall–Kier alpha value is -2.56. The van der Waals surface area contributed by atoms with Gasteiger partial charge in [-0.1, -0.05) is 6.07 Å². The topological polar surface area (TPSA) is 92.7 Å². The van der Waals surface area contributed by atoms with Crippen molar-refractivity contribution >= 4 is 44.4 Å². The second-order valence-electron chi connectivity index (χ2n) is 7.17. The molecule has 1 amide bonds. The van der Waals surface area contributed by atoms with Gasteiger partial charge >= 0.3 is 0 Å². The van der Waals surface area contributed by atoms with Gasteiger partial charge in [-0.15, -0.1) is 0 Å². The summed E-state index contributed by atoms with van der Waals surface area (Å²) in [6, 6.07) is 11.4. The number of hydrogen-bond donors (Lipinski definition) is 0. The highest BCUT2D eigenvalue weighted by atomic mass is 32.2. The Kier molecular flexibility index (Phi) is 6.22. The zero-order chi connectivity index (χ0) is 22.0. The maximum Gasteiger partial charge on any atom is 0.246 e. The highest BCUT2D eigenvalue weighted by molar-refractivity contribution is 7.89. The number of nitrogens with zero attached hydrogens (tertiary/aromatic N) is 4. The van der Waals surface area contributed by atoms with Crippen LogP contribution in [0, 0.1) is 0 Å². The zero-order valence-corrected chi connectivity index (χ0v) is 19.0. The molecule has 0 bridgehead atoms. The molecule has 0 unspecified atom stereocenters. The molecule has 0 saturated carbocycles. The molecule has 0 aliphatic carbocycles. The summed E-state index contributed by atoms with van der Waals surface area (Å²) in [4.78, 5) is 15.2. The summed E-state index contributed by atoms with van der Waals surface area (Å²) in [5, 5.41) is 0. The van der Waals surface area contributed by atoms with Gasteiger partial charge in [0.15, 0.2) is 0 Å². The number of ether oxygens (including phenoxy) is 1. The minimum absolute atomic E-state index is 0.0996. The lowest BCUT2D eigenvalue weighted by Gasteiger charge is -2.29. The van der Waals surface area contributed by atoms with Crippen LogP contribution in [0.15, 0.2) is 47.4 Å². The van der Waals surface area contributed by atoms with Gasteiger partial charge in [0, 0.05) is 18.8 Å². The molecule has 1 saturated heterocycles. The average Bonchev–Trinajstić information content (AvgIpc) is 3.45. The molecule has 0 N–H and O–H groups in total. The van der Waals surface area contributed by atoms with Gasteiger partial charge in [-0.05, 0) is 63.1 Å². The summed E-state index contributed by atoms with van der Waals surface area (Å²) in [6.45, 7) is 5.08. The van der Waals surface area contributed by atoms with Crippen molar-refractivity contribution in [3.63, 3.8) is 0 Å². The van der Waals surface area contributed by atoms with E-state index < -0.39 is 16.1 Å². The van der Waals surface area contributed by atoms with Gasteiger partial charge in [-0.3, -0.25) is 4.79 Å². The molecule has 1 aliphatic rings. The lowest BCUT2D eigenvalue weighted by atomic mass is 10.2. The van der Waals surface area contributed by atoms with Crippen LogP contribution in [0.5, 0.6) is 5.75 Å². The van der Waals surface area contributed by atoms with E-state index in [2.05, 4.69) is 8.75 Å². The summed E-state index contributed by atoms with van der Waals surface area (Å²) in [5.74, 6) is 0.501. The van der Waals surface area contributed by atoms with Crippen LogP contribution in [-0.4, -0.2) is 53.1 Å². The van der Waals surface area contributed by atoms with E-state index >= 15 is 0 Å². The van der Waals surface area contributed by atoms with Crippen molar-refractivity contribution in [2.24, 2.45) is 0 Å². The Morgan fingerprint density at radius 1 is 1.19 bits per heavy atom. The Balaban J connectivity index is 1.63. The second kappa shape index (κ2) is 8.89. The third kappa shape index (κ3) is 4.02. The molecular weight excluding hydrogens is 436 g/mol. The first-order chi connectivity index (χ1) is 15.0. The molecule has 3 aromatic rings. The Bertz CT molecular complexity index is 1180. The number of anilines is 1. The molecule has 31 heavy (non-hydrogen) atoms. The molecule has 4 rings (SSSR count). The van der Waals surface area contributed by atoms with Crippen LogP contribution < -0.4 is 9.64 Å². The van der Waals surface area contributed by atoms with Crippen molar-refractivity contribution in [3.8, 4) is 5.75 Å². The van der Waals surface area contributed by atoms with Crippen LogP contribution in [0.3, 0.4) is 0 Å². The Morgan fingerprint density at radius 3 is 2.68 bits per heavy atom. The van der Waals surface area contributed by atoms with Gasteiger partial charge in [-0.25, -0.2) is 8.42 Å². The molecular formula is C21H24N4O4S2. The quantitative estimate of drug-likeness (QED) is 0.537. The van der Waals surface area contributed by atoms with Gasteiger partial charge in [0.05, 0.1) is 18.3 Å². The fraction of sp³-hybridized carbons (Fsp3) is 0.381. The summed E-state index contributed by atoms with van der Waals surface area (Å²) in [6.07, 6.45) is 1.11. The van der Waals surface area contributed by atoms with Crippen LogP contribution in [0.25, 0.3) is 11.0 Å². The van der Waals surface area contributed by atoms with Crippen molar-refractivity contribution in [1.29, 1.82) is 0 Å². The first-order valence-corrected chi connectivity index (χ1v) is 12.4. The van der Waals surface area contributed by atoms with E-state index in [9.17, 15) is 13.2 Å². The molecule has 1 aliphatic heterocycles. The average molecular weight is 461 g/mol. The number of amides is 1. The predicted octanol–water partition coefficient (Wildman–Crippen LogP) is 3.30. The van der Waals surface area contributed by atoms with Crippen molar-refractivity contribution in [1.82, 2.24) is 13.1 Å². The zero-order valence-electron chi connectivity index (χ0n) is 17.4. The number of rotatable bonds is 7. The molecule has 0 spiro atoms. The third-order valence-corrected chi connectivity index (χ3v) is 7.85. The van der Waals surface area contributed by atoms with E-state index in [1.54, 1.807) is 17.0 Å². The summed E-state index contributed by atoms with van der Waals surface area (Å²) < 4.78 is 42.1. The first-order valence-electron chi connectivity index (χ1n) is 10.2. The fourth-order valence-corrected chi connectivity index (χ4v) is 6.33. The standard InChI is InChI=1S/C21H24N4O4S2/c1-3-24(15-10-12-16(13-11-15)29-4-2)21(26)18-8-6-14-25(18)31(27,28)19-9-5-7-17-20(19)23-30-22-17/h5,7,9-13,18H,3-4,6,8,14H2,1-2H3/t18-/m0/s1. The fourth-order valence-electron chi connectivity index (χ4n) is 3.93. The lowest BCUT2D eigenvalue weighted by Crippen LogP contribution is -2.48. The van der Waals surface area contributed by atoms with Crippen molar-refractivity contribution < 1.29 is 17.9 Å². The van der Waals surface area contributed by atoms with Gasteiger partial charge in [0.2, 0.25) is 15.9 Å². The van der Waals surface area contributed by atoms with Crippen LogP contribution >= 0.6 is 11.7 Å². The number of carbonyl (C=O) groups excluding carboxylic acids is 1. The maximum absolute atomic E-state index is 13.5. The molecule has 1 atom stereocenters. The number of fused-ring (bicyclic) bond motifs is 1. The molecule has 2 aromatic carbocycles. The Labute approximate surface area is 185 Å². The molecule has 1 fully saturated rings. The molecule has 164 valence electrons. The minimum Gasteiger partial charge on any atom is -0.494 e. The number of aromatic nitrogens is 2. The number of sulfonamides is 1. The van der Waals surface area contributed by atoms with Gasteiger partial charge < -0.3 is 9.64 Å². The SMILES string of the molecule is CCOc1ccc(N(CC)C(=O)[C@@H]2CCCN2S(=O)(=O)c2cccc3nsnc23)cc1. The number of likely N-dealkylation sites (N-methyl/N-ethyl adjacent to an activating group) is 1. The minimum atomic E-state index is -3.90. The summed E-state index contributed by atoms with van der Waals surface area (Å²) >= 11 is 0.975. The smallest absolute Gasteiger partial charge is 0.246 e. The predicted molar refractivity (Wildman–Crippen MR) is 120 cm³/mol. The second-order valence-corrected chi connectivity index (χ2v) is 9.56. The maximum atomic E-state index is 13.5. The van der Waals surface area contributed by atoms with E-state index in [0.717, 1.165) is 17.5 Å². The number of hydrogen-bond acceptors (Lipinski definition) is 7.